The molecular formula is C17H28N4O3. The number of aliphatic imine (C=N–C) groups is 1. The van der Waals surface area contributed by atoms with E-state index in [0.717, 1.165) is 38.2 Å². The first kappa shape index (κ1) is 18.6. The summed E-state index contributed by atoms with van der Waals surface area (Å²) in [6, 6.07) is 0.543. The molecule has 7 nitrogen and oxygen atoms in total. The Balaban J connectivity index is 2.01. The number of piperidine rings is 1. The van der Waals surface area contributed by atoms with Gasteiger partial charge in [0.1, 0.15) is 11.9 Å². The Hall–Kier alpha value is -1.76. The summed E-state index contributed by atoms with van der Waals surface area (Å²) in [7, 11) is 1.62. The van der Waals surface area contributed by atoms with Crippen molar-refractivity contribution in [2.24, 2.45) is 16.8 Å². The van der Waals surface area contributed by atoms with Crippen LogP contribution in [0.1, 0.15) is 52.5 Å². The highest BCUT2D eigenvalue weighted by molar-refractivity contribution is 6.05. The molecule has 0 aromatic carbocycles. The van der Waals surface area contributed by atoms with E-state index in [9.17, 15) is 4.79 Å². The third-order valence-corrected chi connectivity index (χ3v) is 4.71. The molecule has 0 radical (unpaired) electrons. The lowest BCUT2D eigenvalue weighted by Gasteiger charge is -2.32. The minimum absolute atomic E-state index is 0.0981. The molecule has 1 fully saturated rings. The second kappa shape index (κ2) is 8.37. The quantitative estimate of drug-likeness (QED) is 0.712. The number of ketones is 1. The molecule has 0 spiro atoms. The van der Waals surface area contributed by atoms with Gasteiger partial charge in [-0.25, -0.2) is 0 Å². The standard InChI is InChI=1S/C17H28N4O3/c1-6-18-15(11(2)12(3)22)14-7-9-21(10-8-14)17-20-19-16(24-17)13(4)23-5/h11,13-14H,6-10H2,1-5H3/t11?,13-/m1/s1. The Morgan fingerprint density at radius 1 is 1.38 bits per heavy atom. The number of anilines is 1. The van der Waals surface area contributed by atoms with E-state index in [4.69, 9.17) is 9.15 Å². The fourth-order valence-corrected chi connectivity index (χ4v) is 3.00. The van der Waals surface area contributed by atoms with Crippen LogP contribution in [0.15, 0.2) is 9.41 Å². The number of aromatic nitrogens is 2. The zero-order valence-corrected chi connectivity index (χ0v) is 15.3. The molecule has 1 aromatic rings. The number of rotatable bonds is 7. The lowest BCUT2D eigenvalue weighted by atomic mass is 9.84. The van der Waals surface area contributed by atoms with E-state index in [0.29, 0.717) is 17.8 Å². The smallest absolute Gasteiger partial charge is 0.318 e. The van der Waals surface area contributed by atoms with Gasteiger partial charge in [0.05, 0.1) is 5.92 Å². The van der Waals surface area contributed by atoms with Crippen molar-refractivity contribution in [1.82, 2.24) is 10.2 Å². The highest BCUT2D eigenvalue weighted by Crippen LogP contribution is 2.27. The van der Waals surface area contributed by atoms with Gasteiger partial charge in [0, 0.05) is 38.4 Å². The number of Topliss-reactive ketones (excluding diaryl/α,β-unsaturated/α-hetero) is 1. The first-order valence-corrected chi connectivity index (χ1v) is 8.63. The van der Waals surface area contributed by atoms with E-state index in [1.54, 1.807) is 14.0 Å². The summed E-state index contributed by atoms with van der Waals surface area (Å²) >= 11 is 0. The van der Waals surface area contributed by atoms with Crippen LogP contribution in [-0.2, 0) is 9.53 Å². The average molecular weight is 336 g/mol. The molecule has 1 unspecified atom stereocenters. The molecule has 0 bridgehead atoms. The molecule has 2 atom stereocenters. The van der Waals surface area contributed by atoms with Crippen LogP contribution in [-0.4, -0.2) is 48.4 Å². The van der Waals surface area contributed by atoms with Gasteiger partial charge >= 0.3 is 6.01 Å². The molecule has 24 heavy (non-hydrogen) atoms. The van der Waals surface area contributed by atoms with Gasteiger partial charge in [-0.2, -0.15) is 0 Å². The highest BCUT2D eigenvalue weighted by Gasteiger charge is 2.30. The molecule has 1 saturated heterocycles. The SMILES string of the molecule is CCN=C(C1CCN(c2nnc([C@@H](C)OC)o2)CC1)C(C)C(C)=O. The summed E-state index contributed by atoms with van der Waals surface area (Å²) in [5.74, 6) is 0.923. The average Bonchev–Trinajstić information content (AvgIpc) is 3.08. The van der Waals surface area contributed by atoms with Crippen LogP contribution in [0.3, 0.4) is 0 Å². The summed E-state index contributed by atoms with van der Waals surface area (Å²) in [5.41, 5.74) is 1.05. The summed E-state index contributed by atoms with van der Waals surface area (Å²) in [6.07, 6.45) is 1.67. The van der Waals surface area contributed by atoms with Crippen LogP contribution in [0.4, 0.5) is 6.01 Å². The zero-order chi connectivity index (χ0) is 17.7. The van der Waals surface area contributed by atoms with Gasteiger partial charge in [-0.3, -0.25) is 9.79 Å². The first-order chi connectivity index (χ1) is 11.5. The Morgan fingerprint density at radius 2 is 2.04 bits per heavy atom. The van der Waals surface area contributed by atoms with Gasteiger partial charge in [0.25, 0.3) is 0 Å². The van der Waals surface area contributed by atoms with Crippen LogP contribution in [0, 0.1) is 11.8 Å². The Bertz CT molecular complexity index is 576. The lowest BCUT2D eigenvalue weighted by Crippen LogP contribution is -2.39. The van der Waals surface area contributed by atoms with Crippen molar-refractivity contribution in [3.05, 3.63) is 5.89 Å². The zero-order valence-electron chi connectivity index (χ0n) is 15.3. The van der Waals surface area contributed by atoms with Gasteiger partial charge in [-0.1, -0.05) is 12.0 Å². The van der Waals surface area contributed by atoms with Gasteiger partial charge in [0.2, 0.25) is 5.89 Å². The van der Waals surface area contributed by atoms with Crippen molar-refractivity contribution in [3.8, 4) is 0 Å². The van der Waals surface area contributed by atoms with E-state index in [1.165, 1.54) is 0 Å². The predicted octanol–water partition coefficient (Wildman–Crippen LogP) is 2.68. The van der Waals surface area contributed by atoms with Crippen molar-refractivity contribution in [2.75, 3.05) is 31.6 Å². The third kappa shape index (κ3) is 4.20. The molecular weight excluding hydrogens is 308 g/mol. The van der Waals surface area contributed by atoms with Crippen LogP contribution in [0.25, 0.3) is 0 Å². The van der Waals surface area contributed by atoms with E-state index in [1.807, 2.05) is 20.8 Å². The van der Waals surface area contributed by atoms with Crippen LogP contribution in [0.2, 0.25) is 0 Å². The molecule has 1 aliphatic rings. The molecule has 2 rings (SSSR count). The van der Waals surface area contributed by atoms with E-state index >= 15 is 0 Å². The Kier molecular flexibility index (Phi) is 6.48. The number of carbonyl (C=O) groups is 1. The van der Waals surface area contributed by atoms with Gasteiger partial charge in [-0.05, 0) is 33.6 Å². The minimum atomic E-state index is -0.205. The number of hydrogen-bond acceptors (Lipinski definition) is 7. The van der Waals surface area contributed by atoms with E-state index in [-0.39, 0.29) is 17.8 Å². The van der Waals surface area contributed by atoms with E-state index < -0.39 is 0 Å². The van der Waals surface area contributed by atoms with Crippen molar-refractivity contribution in [1.29, 1.82) is 0 Å². The Morgan fingerprint density at radius 3 is 2.58 bits per heavy atom. The molecule has 134 valence electrons. The fraction of sp³-hybridized carbons (Fsp3) is 0.765. The second-order valence-electron chi connectivity index (χ2n) is 6.29. The molecule has 0 N–H and O–H groups in total. The minimum Gasteiger partial charge on any atom is -0.405 e. The summed E-state index contributed by atoms with van der Waals surface area (Å²) in [6.45, 7) is 9.84. The number of carbonyl (C=O) groups excluding carboxylic acids is 1. The summed E-state index contributed by atoms with van der Waals surface area (Å²) < 4.78 is 10.9. The number of methoxy groups -OCH3 is 1. The maximum Gasteiger partial charge on any atom is 0.318 e. The van der Waals surface area contributed by atoms with Crippen LogP contribution < -0.4 is 4.90 Å². The number of nitrogens with zero attached hydrogens (tertiary/aromatic N) is 4. The number of ether oxygens (including phenoxy) is 1. The molecule has 1 aliphatic heterocycles. The summed E-state index contributed by atoms with van der Waals surface area (Å²) in [5, 5.41) is 8.17. The topological polar surface area (TPSA) is 80.8 Å². The highest BCUT2D eigenvalue weighted by atomic mass is 16.5. The van der Waals surface area contributed by atoms with Crippen LogP contribution >= 0.6 is 0 Å². The molecule has 1 aromatic heterocycles. The maximum absolute atomic E-state index is 11.7. The van der Waals surface area contributed by atoms with Gasteiger partial charge < -0.3 is 14.1 Å². The molecule has 0 saturated carbocycles. The van der Waals surface area contributed by atoms with Gasteiger partial charge in [0.15, 0.2) is 0 Å². The van der Waals surface area contributed by atoms with Crippen molar-refractivity contribution in [3.63, 3.8) is 0 Å². The summed E-state index contributed by atoms with van der Waals surface area (Å²) in [4.78, 5) is 18.5. The van der Waals surface area contributed by atoms with Crippen molar-refractivity contribution >= 4 is 17.5 Å². The Labute approximate surface area is 143 Å². The fourth-order valence-electron chi connectivity index (χ4n) is 3.00. The van der Waals surface area contributed by atoms with Crippen molar-refractivity contribution in [2.45, 2.75) is 46.6 Å². The van der Waals surface area contributed by atoms with Gasteiger partial charge in [-0.15, -0.1) is 5.10 Å². The predicted molar refractivity (Wildman–Crippen MR) is 92.5 cm³/mol. The van der Waals surface area contributed by atoms with Crippen LogP contribution in [0.5, 0.6) is 0 Å². The number of hydrogen-bond donors (Lipinski definition) is 0. The molecule has 2 heterocycles. The lowest BCUT2D eigenvalue weighted by molar-refractivity contribution is -0.118. The largest absolute Gasteiger partial charge is 0.405 e. The molecule has 0 amide bonds. The third-order valence-electron chi connectivity index (χ3n) is 4.71. The van der Waals surface area contributed by atoms with Crippen molar-refractivity contribution < 1.29 is 13.9 Å². The molecule has 0 aliphatic carbocycles. The second-order valence-corrected chi connectivity index (χ2v) is 6.29. The molecule has 7 heteroatoms. The monoisotopic (exact) mass is 336 g/mol. The maximum atomic E-state index is 11.7. The normalized spacial score (nSPS) is 19.4. The first-order valence-electron chi connectivity index (χ1n) is 8.63. The van der Waals surface area contributed by atoms with E-state index in [2.05, 4.69) is 20.1 Å².